The SMILES string of the molecule is O=C1CC(c2ccc(F)cc2)CC(O)=C1C=NCCc1cnc[nH]1. The summed E-state index contributed by atoms with van der Waals surface area (Å²) in [5.41, 5.74) is 2.10. The van der Waals surface area contributed by atoms with Crippen LogP contribution in [0.4, 0.5) is 4.39 Å². The number of aliphatic imine (C=N–C) groups is 1. The number of rotatable bonds is 5. The van der Waals surface area contributed by atoms with Gasteiger partial charge in [-0.3, -0.25) is 9.79 Å². The van der Waals surface area contributed by atoms with Crippen molar-refractivity contribution in [1.29, 1.82) is 0 Å². The van der Waals surface area contributed by atoms with Crippen LogP contribution in [-0.2, 0) is 11.2 Å². The highest BCUT2D eigenvalue weighted by Gasteiger charge is 2.27. The summed E-state index contributed by atoms with van der Waals surface area (Å²) >= 11 is 0. The van der Waals surface area contributed by atoms with Crippen molar-refractivity contribution in [2.45, 2.75) is 25.2 Å². The van der Waals surface area contributed by atoms with E-state index in [9.17, 15) is 14.3 Å². The molecule has 1 aliphatic carbocycles. The topological polar surface area (TPSA) is 78.3 Å². The first-order valence-electron chi connectivity index (χ1n) is 7.81. The van der Waals surface area contributed by atoms with E-state index in [-0.39, 0.29) is 35.3 Å². The molecule has 1 aromatic carbocycles. The number of aromatic amines is 1. The summed E-state index contributed by atoms with van der Waals surface area (Å²) in [4.78, 5) is 23.4. The number of benzene rings is 1. The maximum absolute atomic E-state index is 13.0. The van der Waals surface area contributed by atoms with Gasteiger partial charge in [-0.1, -0.05) is 12.1 Å². The van der Waals surface area contributed by atoms with E-state index in [2.05, 4.69) is 15.0 Å². The number of allylic oxidation sites excluding steroid dienone is 2. The molecule has 1 heterocycles. The molecule has 3 rings (SSSR count). The predicted molar refractivity (Wildman–Crippen MR) is 88.7 cm³/mol. The Bertz CT molecular complexity index is 764. The molecule has 1 aromatic heterocycles. The van der Waals surface area contributed by atoms with E-state index in [1.165, 1.54) is 18.3 Å². The molecule has 1 unspecified atom stereocenters. The number of H-pyrrole nitrogens is 1. The normalized spacial score (nSPS) is 18.5. The van der Waals surface area contributed by atoms with Gasteiger partial charge in [-0.25, -0.2) is 9.37 Å². The maximum atomic E-state index is 13.0. The molecule has 24 heavy (non-hydrogen) atoms. The van der Waals surface area contributed by atoms with Crippen molar-refractivity contribution in [2.24, 2.45) is 4.99 Å². The highest BCUT2D eigenvalue weighted by molar-refractivity contribution is 6.14. The molecule has 124 valence electrons. The Kier molecular flexibility index (Phi) is 4.84. The van der Waals surface area contributed by atoms with Gasteiger partial charge in [0.1, 0.15) is 11.6 Å². The second-order valence-corrected chi connectivity index (χ2v) is 5.80. The molecule has 0 amide bonds. The van der Waals surface area contributed by atoms with Crippen LogP contribution in [0.2, 0.25) is 0 Å². The summed E-state index contributed by atoms with van der Waals surface area (Å²) in [7, 11) is 0. The molecule has 0 saturated heterocycles. The number of nitrogens with zero attached hydrogens (tertiary/aromatic N) is 2. The quantitative estimate of drug-likeness (QED) is 0.828. The van der Waals surface area contributed by atoms with Crippen molar-refractivity contribution in [3.05, 3.63) is 65.2 Å². The van der Waals surface area contributed by atoms with Crippen molar-refractivity contribution < 1.29 is 14.3 Å². The van der Waals surface area contributed by atoms with Crippen LogP contribution < -0.4 is 0 Å². The van der Waals surface area contributed by atoms with Crippen LogP contribution in [-0.4, -0.2) is 33.6 Å². The van der Waals surface area contributed by atoms with Crippen LogP contribution in [0.5, 0.6) is 0 Å². The molecule has 1 atom stereocenters. The third-order valence-electron chi connectivity index (χ3n) is 4.11. The molecule has 1 aliphatic rings. The van der Waals surface area contributed by atoms with Gasteiger partial charge in [-0.2, -0.15) is 0 Å². The molecule has 0 aliphatic heterocycles. The van der Waals surface area contributed by atoms with Crippen molar-refractivity contribution in [3.8, 4) is 0 Å². The van der Waals surface area contributed by atoms with Gasteiger partial charge in [0.2, 0.25) is 0 Å². The molecule has 0 radical (unpaired) electrons. The van der Waals surface area contributed by atoms with Crippen LogP contribution in [0, 0.1) is 5.82 Å². The summed E-state index contributed by atoms with van der Waals surface area (Å²) in [6, 6.07) is 6.05. The lowest BCUT2D eigenvalue weighted by Gasteiger charge is -2.22. The number of hydrogen-bond donors (Lipinski definition) is 2. The van der Waals surface area contributed by atoms with E-state index in [0.717, 1.165) is 11.3 Å². The Morgan fingerprint density at radius 1 is 1.33 bits per heavy atom. The number of hydrogen-bond acceptors (Lipinski definition) is 4. The average molecular weight is 327 g/mol. The molecule has 0 saturated carbocycles. The largest absolute Gasteiger partial charge is 0.511 e. The fourth-order valence-electron chi connectivity index (χ4n) is 2.79. The monoisotopic (exact) mass is 327 g/mol. The second-order valence-electron chi connectivity index (χ2n) is 5.80. The highest BCUT2D eigenvalue weighted by Crippen LogP contribution is 2.33. The Morgan fingerprint density at radius 2 is 2.12 bits per heavy atom. The number of aliphatic hydroxyl groups excluding tert-OH is 1. The molecule has 0 spiro atoms. The molecular formula is C18H18FN3O2. The predicted octanol–water partition coefficient (Wildman–Crippen LogP) is 3.12. The number of aliphatic hydroxyl groups is 1. The number of aromatic nitrogens is 2. The Morgan fingerprint density at radius 3 is 2.79 bits per heavy atom. The van der Waals surface area contributed by atoms with Crippen LogP contribution >= 0.6 is 0 Å². The summed E-state index contributed by atoms with van der Waals surface area (Å²) in [5, 5.41) is 10.2. The summed E-state index contributed by atoms with van der Waals surface area (Å²) in [5.74, 6) is -0.532. The molecule has 5 nitrogen and oxygen atoms in total. The Hall–Kier alpha value is -2.76. The lowest BCUT2D eigenvalue weighted by Crippen LogP contribution is -2.19. The second kappa shape index (κ2) is 7.21. The number of imidazole rings is 1. The minimum atomic E-state index is -0.314. The third-order valence-corrected chi connectivity index (χ3v) is 4.11. The van der Waals surface area contributed by atoms with Crippen molar-refractivity contribution in [1.82, 2.24) is 9.97 Å². The lowest BCUT2D eigenvalue weighted by molar-refractivity contribution is -0.116. The van der Waals surface area contributed by atoms with Gasteiger partial charge in [0.25, 0.3) is 0 Å². The van der Waals surface area contributed by atoms with E-state index < -0.39 is 0 Å². The number of Topliss-reactive ketones (excluding diaryl/α,β-unsaturated/α-hetero) is 1. The molecular weight excluding hydrogens is 309 g/mol. The van der Waals surface area contributed by atoms with E-state index in [1.54, 1.807) is 24.7 Å². The van der Waals surface area contributed by atoms with Gasteiger partial charge in [0.05, 0.1) is 11.9 Å². The fourth-order valence-corrected chi connectivity index (χ4v) is 2.79. The molecule has 6 heteroatoms. The standard InChI is InChI=1S/C18H18FN3O2/c19-14-3-1-12(2-4-14)13-7-17(23)16(18(24)8-13)10-20-6-5-15-9-21-11-22-15/h1-4,9-11,13,23H,5-8H2,(H,21,22). The van der Waals surface area contributed by atoms with E-state index in [4.69, 9.17) is 0 Å². The Balaban J connectivity index is 1.64. The number of carbonyl (C=O) groups is 1. The molecule has 2 aromatic rings. The number of nitrogens with one attached hydrogen (secondary N) is 1. The zero-order valence-electron chi connectivity index (χ0n) is 13.1. The number of ketones is 1. The molecule has 0 bridgehead atoms. The minimum Gasteiger partial charge on any atom is -0.511 e. The first-order valence-corrected chi connectivity index (χ1v) is 7.81. The van der Waals surface area contributed by atoms with Gasteiger partial charge in [0.15, 0.2) is 5.78 Å². The van der Waals surface area contributed by atoms with Gasteiger partial charge in [-0.15, -0.1) is 0 Å². The zero-order valence-corrected chi connectivity index (χ0v) is 13.1. The Labute approximate surface area is 139 Å². The van der Waals surface area contributed by atoms with Crippen molar-refractivity contribution in [2.75, 3.05) is 6.54 Å². The van der Waals surface area contributed by atoms with Crippen LogP contribution in [0.1, 0.15) is 30.0 Å². The highest BCUT2D eigenvalue weighted by atomic mass is 19.1. The van der Waals surface area contributed by atoms with Crippen LogP contribution in [0.15, 0.2) is 53.1 Å². The van der Waals surface area contributed by atoms with E-state index >= 15 is 0 Å². The van der Waals surface area contributed by atoms with Crippen molar-refractivity contribution >= 4 is 12.0 Å². The smallest absolute Gasteiger partial charge is 0.168 e. The maximum Gasteiger partial charge on any atom is 0.168 e. The van der Waals surface area contributed by atoms with Gasteiger partial charge >= 0.3 is 0 Å². The molecule has 2 N–H and O–H groups in total. The first kappa shape index (κ1) is 16.1. The van der Waals surface area contributed by atoms with Crippen molar-refractivity contribution in [3.63, 3.8) is 0 Å². The summed E-state index contributed by atoms with van der Waals surface area (Å²) in [6.45, 7) is 0.508. The summed E-state index contributed by atoms with van der Waals surface area (Å²) in [6.07, 6.45) is 6.13. The first-order chi connectivity index (χ1) is 11.6. The zero-order chi connectivity index (χ0) is 16.9. The average Bonchev–Trinajstić information content (AvgIpc) is 3.07. The number of carbonyl (C=O) groups excluding carboxylic acids is 1. The van der Waals surface area contributed by atoms with Gasteiger partial charge < -0.3 is 10.1 Å². The minimum absolute atomic E-state index is 0.0471. The molecule has 0 fully saturated rings. The van der Waals surface area contributed by atoms with Crippen LogP contribution in [0.25, 0.3) is 0 Å². The van der Waals surface area contributed by atoms with E-state index in [1.807, 2.05) is 0 Å². The van der Waals surface area contributed by atoms with E-state index in [0.29, 0.717) is 19.4 Å². The van der Waals surface area contributed by atoms with Crippen LogP contribution in [0.3, 0.4) is 0 Å². The summed E-state index contributed by atoms with van der Waals surface area (Å²) < 4.78 is 13.0. The fraction of sp³-hybridized carbons (Fsp3) is 0.278. The van der Waals surface area contributed by atoms with Gasteiger partial charge in [-0.05, 0) is 23.6 Å². The third kappa shape index (κ3) is 3.76. The van der Waals surface area contributed by atoms with Gasteiger partial charge in [0, 0.05) is 43.9 Å². The lowest BCUT2D eigenvalue weighted by atomic mass is 9.83. The number of halogens is 1.